The summed E-state index contributed by atoms with van der Waals surface area (Å²) in [7, 11) is 3.13. The van der Waals surface area contributed by atoms with Gasteiger partial charge in [-0.25, -0.2) is 0 Å². The summed E-state index contributed by atoms with van der Waals surface area (Å²) in [5, 5.41) is 0. The highest BCUT2D eigenvalue weighted by Crippen LogP contribution is 2.42. The Morgan fingerprint density at radius 3 is 2.58 bits per heavy atom. The molecule has 1 aliphatic heterocycles. The number of thiocarbonyl (C=S) groups is 1. The van der Waals surface area contributed by atoms with Crippen molar-refractivity contribution in [1.82, 2.24) is 4.98 Å². The van der Waals surface area contributed by atoms with E-state index in [1.807, 2.05) is 42.5 Å². The number of hydrogen-bond donors (Lipinski definition) is 0. The number of nitrogens with zero attached hydrogens (tertiary/aromatic N) is 2. The average molecular weight is 543 g/mol. The van der Waals surface area contributed by atoms with Gasteiger partial charge in [0.1, 0.15) is 12.4 Å². The van der Waals surface area contributed by atoms with Gasteiger partial charge in [-0.05, 0) is 64.0 Å². The first-order valence-corrected chi connectivity index (χ1v) is 11.8. The molecule has 0 spiro atoms. The number of para-hydroxylation sites is 2. The van der Waals surface area contributed by atoms with E-state index >= 15 is 0 Å². The summed E-state index contributed by atoms with van der Waals surface area (Å²) in [6, 6.07) is 16.6. The minimum Gasteiger partial charge on any atom is -0.495 e. The normalized spacial score (nSPS) is 14.6. The molecule has 1 aromatic heterocycles. The fourth-order valence-corrected chi connectivity index (χ4v) is 5.09. The number of carbonyl (C=O) groups is 1. The molecule has 9 heteroatoms. The van der Waals surface area contributed by atoms with E-state index in [2.05, 4.69) is 20.9 Å². The molecule has 3 aromatic rings. The average Bonchev–Trinajstić information content (AvgIpc) is 3.11. The number of ether oxygens (including phenoxy) is 3. The first-order chi connectivity index (χ1) is 16.0. The summed E-state index contributed by atoms with van der Waals surface area (Å²) >= 11 is 10.3. The molecule has 0 unspecified atom stereocenters. The molecule has 0 saturated carbocycles. The van der Waals surface area contributed by atoms with Gasteiger partial charge in [0.25, 0.3) is 5.91 Å². The van der Waals surface area contributed by atoms with E-state index in [0.717, 1.165) is 11.3 Å². The predicted octanol–water partition coefficient (Wildman–Crippen LogP) is 5.85. The van der Waals surface area contributed by atoms with Gasteiger partial charge in [-0.1, -0.05) is 42.2 Å². The lowest BCUT2D eigenvalue weighted by Gasteiger charge is -2.17. The fourth-order valence-electron chi connectivity index (χ4n) is 3.23. The molecule has 6 nitrogen and oxygen atoms in total. The monoisotopic (exact) mass is 542 g/mol. The molecular weight excluding hydrogens is 524 g/mol. The molecule has 1 saturated heterocycles. The third-order valence-corrected chi connectivity index (χ3v) is 6.65. The third kappa shape index (κ3) is 5.05. The molecule has 0 aliphatic carbocycles. The van der Waals surface area contributed by atoms with Crippen molar-refractivity contribution in [1.29, 1.82) is 0 Å². The number of amides is 1. The van der Waals surface area contributed by atoms with E-state index in [-0.39, 0.29) is 5.91 Å². The maximum Gasteiger partial charge on any atom is 0.270 e. The van der Waals surface area contributed by atoms with E-state index in [1.54, 1.807) is 38.6 Å². The summed E-state index contributed by atoms with van der Waals surface area (Å²) in [4.78, 5) is 19.4. The largest absolute Gasteiger partial charge is 0.495 e. The van der Waals surface area contributed by atoms with Crippen LogP contribution in [0.2, 0.25) is 0 Å². The van der Waals surface area contributed by atoms with Crippen LogP contribution in [0.3, 0.4) is 0 Å². The highest BCUT2D eigenvalue weighted by Gasteiger charge is 2.35. The Morgan fingerprint density at radius 2 is 1.85 bits per heavy atom. The van der Waals surface area contributed by atoms with Crippen molar-refractivity contribution in [2.75, 3.05) is 19.1 Å². The number of rotatable bonds is 7. The molecule has 2 heterocycles. The van der Waals surface area contributed by atoms with E-state index < -0.39 is 0 Å². The van der Waals surface area contributed by atoms with Gasteiger partial charge in [-0.15, -0.1) is 0 Å². The molecule has 0 atom stereocenters. The Bertz CT molecular complexity index is 1230. The van der Waals surface area contributed by atoms with Crippen molar-refractivity contribution in [2.24, 2.45) is 0 Å². The van der Waals surface area contributed by atoms with Crippen molar-refractivity contribution >= 4 is 61.9 Å². The molecule has 33 heavy (non-hydrogen) atoms. The van der Waals surface area contributed by atoms with Gasteiger partial charge in [-0.3, -0.25) is 14.7 Å². The molecular formula is C24H19BrN2O4S2. The first kappa shape index (κ1) is 23.3. The molecule has 2 aromatic carbocycles. The highest BCUT2D eigenvalue weighted by molar-refractivity contribution is 9.10. The van der Waals surface area contributed by atoms with E-state index in [1.165, 1.54) is 16.7 Å². The van der Waals surface area contributed by atoms with Crippen molar-refractivity contribution in [3.63, 3.8) is 0 Å². The van der Waals surface area contributed by atoms with Crippen LogP contribution in [0.15, 0.2) is 70.2 Å². The lowest BCUT2D eigenvalue weighted by atomic mass is 10.1. The molecule has 0 N–H and O–H groups in total. The Hall–Kier alpha value is -2.88. The lowest BCUT2D eigenvalue weighted by Crippen LogP contribution is -2.27. The Labute approximate surface area is 209 Å². The van der Waals surface area contributed by atoms with Crippen LogP contribution in [-0.2, 0) is 11.4 Å². The Balaban J connectivity index is 1.60. The SMILES string of the molecule is COc1ccccc1N1C(=O)/C(=C\c2cc(Br)c(OCc3ccccn3)c(OC)c2)SC1=S. The van der Waals surface area contributed by atoms with Crippen molar-refractivity contribution < 1.29 is 19.0 Å². The number of anilines is 1. The van der Waals surface area contributed by atoms with E-state index in [4.69, 9.17) is 26.4 Å². The van der Waals surface area contributed by atoms with Crippen LogP contribution in [0.1, 0.15) is 11.3 Å². The second-order valence-corrected chi connectivity index (χ2v) is 9.36. The van der Waals surface area contributed by atoms with Crippen LogP contribution in [0.25, 0.3) is 6.08 Å². The van der Waals surface area contributed by atoms with Crippen LogP contribution in [0.5, 0.6) is 17.2 Å². The van der Waals surface area contributed by atoms with E-state index in [9.17, 15) is 4.79 Å². The number of aromatic nitrogens is 1. The Kier molecular flexibility index (Phi) is 7.32. The molecule has 4 rings (SSSR count). The number of methoxy groups -OCH3 is 2. The van der Waals surface area contributed by atoms with Crippen LogP contribution >= 0.6 is 39.9 Å². The summed E-state index contributed by atoms with van der Waals surface area (Å²) in [6.07, 6.45) is 3.50. The minimum atomic E-state index is -0.208. The van der Waals surface area contributed by atoms with Gasteiger partial charge in [0.05, 0.1) is 35.0 Å². The predicted molar refractivity (Wildman–Crippen MR) is 138 cm³/mol. The lowest BCUT2D eigenvalue weighted by molar-refractivity contribution is -0.113. The zero-order valence-corrected chi connectivity index (χ0v) is 21.0. The summed E-state index contributed by atoms with van der Waals surface area (Å²) in [5.74, 6) is 1.46. The topological polar surface area (TPSA) is 60.9 Å². The van der Waals surface area contributed by atoms with Crippen LogP contribution in [0, 0.1) is 0 Å². The Morgan fingerprint density at radius 1 is 1.09 bits per heavy atom. The number of carbonyl (C=O) groups excluding carboxylic acids is 1. The zero-order valence-electron chi connectivity index (χ0n) is 17.8. The van der Waals surface area contributed by atoms with Crippen LogP contribution in [0.4, 0.5) is 5.69 Å². The van der Waals surface area contributed by atoms with Crippen LogP contribution < -0.4 is 19.1 Å². The van der Waals surface area contributed by atoms with Gasteiger partial charge in [-0.2, -0.15) is 0 Å². The second-order valence-electron chi connectivity index (χ2n) is 6.83. The molecule has 1 fully saturated rings. The zero-order chi connectivity index (χ0) is 23.4. The number of benzene rings is 2. The fraction of sp³-hybridized carbons (Fsp3) is 0.125. The summed E-state index contributed by atoms with van der Waals surface area (Å²) in [5.41, 5.74) is 2.18. The number of halogens is 1. The van der Waals surface area contributed by atoms with Crippen LogP contribution in [-0.4, -0.2) is 29.4 Å². The molecule has 1 amide bonds. The van der Waals surface area contributed by atoms with Gasteiger partial charge in [0.2, 0.25) is 0 Å². The van der Waals surface area contributed by atoms with Gasteiger partial charge >= 0.3 is 0 Å². The van der Waals surface area contributed by atoms with Gasteiger partial charge in [0.15, 0.2) is 15.8 Å². The number of hydrogen-bond acceptors (Lipinski definition) is 7. The molecule has 168 valence electrons. The summed E-state index contributed by atoms with van der Waals surface area (Å²) in [6.45, 7) is 0.298. The van der Waals surface area contributed by atoms with E-state index in [0.29, 0.717) is 43.2 Å². The van der Waals surface area contributed by atoms with Crippen molar-refractivity contribution in [3.05, 3.63) is 81.4 Å². The van der Waals surface area contributed by atoms with Gasteiger partial charge in [0, 0.05) is 6.20 Å². The standard InChI is InChI=1S/C24H19BrN2O4S2/c1-29-19-9-4-3-8-18(19)27-23(28)21(33-24(27)32)13-15-11-17(25)22(20(12-15)30-2)31-14-16-7-5-6-10-26-16/h3-13H,14H2,1-2H3/b21-13+. The highest BCUT2D eigenvalue weighted by atomic mass is 79.9. The van der Waals surface area contributed by atoms with Gasteiger partial charge < -0.3 is 14.2 Å². The molecule has 0 bridgehead atoms. The minimum absolute atomic E-state index is 0.208. The first-order valence-electron chi connectivity index (χ1n) is 9.83. The van der Waals surface area contributed by atoms with Crippen molar-refractivity contribution in [3.8, 4) is 17.2 Å². The third-order valence-electron chi connectivity index (χ3n) is 4.76. The molecule has 1 aliphatic rings. The van der Waals surface area contributed by atoms with Crippen molar-refractivity contribution in [2.45, 2.75) is 6.61 Å². The summed E-state index contributed by atoms with van der Waals surface area (Å²) < 4.78 is 18.0. The quantitative estimate of drug-likeness (QED) is 0.274. The maximum atomic E-state index is 13.2. The smallest absolute Gasteiger partial charge is 0.270 e. The number of thioether (sulfide) groups is 1. The maximum absolute atomic E-state index is 13.2. The second kappa shape index (κ2) is 10.4. The molecule has 0 radical (unpaired) electrons. The number of pyridine rings is 1.